The van der Waals surface area contributed by atoms with E-state index >= 15 is 0 Å². The number of primary amides is 1. The molecule has 0 aliphatic heterocycles. The number of benzene rings is 1. The second-order valence-corrected chi connectivity index (χ2v) is 5.33. The molecule has 88 valence electrons. The summed E-state index contributed by atoms with van der Waals surface area (Å²) in [4.78, 5) is 11.5. The van der Waals surface area contributed by atoms with Gasteiger partial charge in [0, 0.05) is 22.3 Å². The van der Waals surface area contributed by atoms with Crippen LogP contribution in [0.2, 0.25) is 0 Å². The highest BCUT2D eigenvalue weighted by Gasteiger charge is 2.14. The Labute approximate surface area is 97.5 Å². The summed E-state index contributed by atoms with van der Waals surface area (Å²) >= 11 is 0. The van der Waals surface area contributed by atoms with Crippen LogP contribution in [0.15, 0.2) is 23.1 Å². The van der Waals surface area contributed by atoms with Crippen LogP contribution in [0.1, 0.15) is 12.5 Å². The zero-order valence-electron chi connectivity index (χ0n) is 9.40. The molecule has 16 heavy (non-hydrogen) atoms. The summed E-state index contributed by atoms with van der Waals surface area (Å²) < 4.78 is 11.9. The summed E-state index contributed by atoms with van der Waals surface area (Å²) in [6, 6.07) is 5.21. The van der Waals surface area contributed by atoms with Crippen molar-refractivity contribution in [2.24, 2.45) is 11.7 Å². The molecule has 0 aliphatic carbocycles. The molecule has 0 saturated heterocycles. The molecule has 0 aliphatic rings. The van der Waals surface area contributed by atoms with Gasteiger partial charge in [0.2, 0.25) is 5.91 Å². The third kappa shape index (κ3) is 3.06. The lowest BCUT2D eigenvalue weighted by molar-refractivity contribution is -0.120. The van der Waals surface area contributed by atoms with Gasteiger partial charge in [0.25, 0.3) is 0 Å². The molecule has 4 N–H and O–H groups in total. The van der Waals surface area contributed by atoms with Crippen LogP contribution in [0.4, 0.5) is 5.69 Å². The molecule has 1 aromatic rings. The summed E-state index contributed by atoms with van der Waals surface area (Å²) in [7, 11) is -1.21. The van der Waals surface area contributed by atoms with Gasteiger partial charge in [-0.25, -0.2) is 0 Å². The highest BCUT2D eigenvalue weighted by Crippen LogP contribution is 2.16. The average Bonchev–Trinajstić information content (AvgIpc) is 2.21. The van der Waals surface area contributed by atoms with Crippen molar-refractivity contribution in [3.63, 3.8) is 0 Å². The first-order valence-electron chi connectivity index (χ1n) is 4.95. The molecule has 2 atom stereocenters. The maximum Gasteiger partial charge on any atom is 0.221 e. The Hall–Kier alpha value is -1.36. The van der Waals surface area contributed by atoms with Gasteiger partial charge >= 0.3 is 0 Å². The predicted molar refractivity (Wildman–Crippen MR) is 65.2 cm³/mol. The molecule has 1 amide bonds. The number of aryl methyl sites for hydroxylation is 1. The van der Waals surface area contributed by atoms with Crippen molar-refractivity contribution >= 4 is 22.4 Å². The average molecular weight is 240 g/mol. The van der Waals surface area contributed by atoms with E-state index in [1.807, 2.05) is 6.92 Å². The van der Waals surface area contributed by atoms with Gasteiger partial charge in [-0.2, -0.15) is 0 Å². The van der Waals surface area contributed by atoms with E-state index < -0.39 is 22.6 Å². The van der Waals surface area contributed by atoms with Gasteiger partial charge in [-0.15, -0.1) is 0 Å². The van der Waals surface area contributed by atoms with Gasteiger partial charge < -0.3 is 11.5 Å². The maximum absolute atomic E-state index is 11.9. The van der Waals surface area contributed by atoms with E-state index in [4.69, 9.17) is 11.5 Å². The molecule has 0 spiro atoms. The van der Waals surface area contributed by atoms with Gasteiger partial charge in [-0.3, -0.25) is 9.00 Å². The summed E-state index contributed by atoms with van der Waals surface area (Å²) in [6.07, 6.45) is 0. The zero-order valence-corrected chi connectivity index (χ0v) is 10.2. The van der Waals surface area contributed by atoms with Crippen molar-refractivity contribution in [2.45, 2.75) is 18.7 Å². The van der Waals surface area contributed by atoms with Crippen LogP contribution in [-0.4, -0.2) is 15.9 Å². The van der Waals surface area contributed by atoms with E-state index in [-0.39, 0.29) is 5.75 Å². The summed E-state index contributed by atoms with van der Waals surface area (Å²) in [5.41, 5.74) is 12.3. The molecule has 1 aromatic carbocycles. The summed E-state index contributed by atoms with van der Waals surface area (Å²) in [5, 5.41) is 0. The molecule has 5 heteroatoms. The van der Waals surface area contributed by atoms with E-state index in [0.29, 0.717) is 10.6 Å². The molecule has 2 unspecified atom stereocenters. The van der Waals surface area contributed by atoms with Crippen molar-refractivity contribution in [3.8, 4) is 0 Å². The Balaban J connectivity index is 2.81. The van der Waals surface area contributed by atoms with Crippen LogP contribution >= 0.6 is 0 Å². The second-order valence-electron chi connectivity index (χ2n) is 3.83. The minimum atomic E-state index is -1.21. The van der Waals surface area contributed by atoms with E-state index in [2.05, 4.69) is 0 Å². The number of amides is 1. The van der Waals surface area contributed by atoms with Crippen LogP contribution in [0.3, 0.4) is 0 Å². The monoisotopic (exact) mass is 240 g/mol. The van der Waals surface area contributed by atoms with Crippen LogP contribution in [0, 0.1) is 12.8 Å². The molecular formula is C11H16N2O2S. The Morgan fingerprint density at radius 1 is 1.50 bits per heavy atom. The van der Waals surface area contributed by atoms with Crippen molar-refractivity contribution in [1.82, 2.24) is 0 Å². The van der Waals surface area contributed by atoms with Gasteiger partial charge in [-0.1, -0.05) is 6.92 Å². The highest BCUT2D eigenvalue weighted by molar-refractivity contribution is 7.85. The van der Waals surface area contributed by atoms with Crippen LogP contribution < -0.4 is 11.5 Å². The molecule has 0 saturated carbocycles. The molecule has 0 radical (unpaired) electrons. The number of rotatable bonds is 4. The quantitative estimate of drug-likeness (QED) is 0.763. The SMILES string of the molecule is Cc1cc(S(=O)CC(C)C(N)=O)ccc1N. The molecule has 0 heterocycles. The number of anilines is 1. The molecule has 1 rings (SSSR count). The first kappa shape index (κ1) is 12.7. The lowest BCUT2D eigenvalue weighted by Crippen LogP contribution is -2.25. The fourth-order valence-corrected chi connectivity index (χ4v) is 2.53. The largest absolute Gasteiger partial charge is 0.399 e. The van der Waals surface area contributed by atoms with E-state index in [1.165, 1.54) is 0 Å². The van der Waals surface area contributed by atoms with Gasteiger partial charge in [0.1, 0.15) is 0 Å². The van der Waals surface area contributed by atoms with Crippen LogP contribution in [0.5, 0.6) is 0 Å². The number of nitrogens with two attached hydrogens (primary N) is 2. The molecule has 0 fully saturated rings. The summed E-state index contributed by atoms with van der Waals surface area (Å²) in [6.45, 7) is 3.53. The minimum Gasteiger partial charge on any atom is -0.399 e. The summed E-state index contributed by atoms with van der Waals surface area (Å²) in [5.74, 6) is -0.571. The fraction of sp³-hybridized carbons (Fsp3) is 0.364. The van der Waals surface area contributed by atoms with Crippen molar-refractivity contribution in [2.75, 3.05) is 11.5 Å². The fourth-order valence-electron chi connectivity index (χ4n) is 1.20. The topological polar surface area (TPSA) is 86.2 Å². The highest BCUT2D eigenvalue weighted by atomic mass is 32.2. The predicted octanol–water partition coefficient (Wildman–Crippen LogP) is 0.806. The van der Waals surface area contributed by atoms with Crippen LogP contribution in [-0.2, 0) is 15.6 Å². The number of carbonyl (C=O) groups excluding carboxylic acids is 1. The van der Waals surface area contributed by atoms with Crippen molar-refractivity contribution in [3.05, 3.63) is 23.8 Å². The van der Waals surface area contributed by atoms with Gasteiger partial charge in [-0.05, 0) is 30.7 Å². The van der Waals surface area contributed by atoms with E-state index in [1.54, 1.807) is 25.1 Å². The maximum atomic E-state index is 11.9. The van der Waals surface area contributed by atoms with Crippen LogP contribution in [0.25, 0.3) is 0 Å². The second kappa shape index (κ2) is 5.12. The Kier molecular flexibility index (Phi) is 4.06. The number of hydrogen-bond donors (Lipinski definition) is 2. The molecular weight excluding hydrogens is 224 g/mol. The lowest BCUT2D eigenvalue weighted by atomic mass is 10.2. The van der Waals surface area contributed by atoms with Gasteiger partial charge in [0.15, 0.2) is 0 Å². The first-order chi connectivity index (χ1) is 7.41. The first-order valence-corrected chi connectivity index (χ1v) is 6.27. The Bertz CT molecular complexity index is 432. The van der Waals surface area contributed by atoms with Gasteiger partial charge in [0.05, 0.1) is 10.8 Å². The Morgan fingerprint density at radius 3 is 2.62 bits per heavy atom. The molecule has 0 aromatic heterocycles. The normalized spacial score (nSPS) is 14.4. The standard InChI is InChI=1S/C11H16N2O2S/c1-7-5-9(3-4-10(7)12)16(15)6-8(2)11(13)14/h3-5,8H,6,12H2,1-2H3,(H2,13,14). The lowest BCUT2D eigenvalue weighted by Gasteiger charge is -2.08. The van der Waals surface area contributed by atoms with Crippen molar-refractivity contribution < 1.29 is 9.00 Å². The third-order valence-electron chi connectivity index (χ3n) is 2.39. The minimum absolute atomic E-state index is 0.249. The smallest absolute Gasteiger partial charge is 0.221 e. The molecule has 4 nitrogen and oxygen atoms in total. The number of hydrogen-bond acceptors (Lipinski definition) is 3. The third-order valence-corrected chi connectivity index (χ3v) is 3.97. The van der Waals surface area contributed by atoms with E-state index in [9.17, 15) is 9.00 Å². The number of nitrogen functional groups attached to an aromatic ring is 1. The van der Waals surface area contributed by atoms with E-state index in [0.717, 1.165) is 5.56 Å². The number of carbonyl (C=O) groups is 1. The van der Waals surface area contributed by atoms with Crippen molar-refractivity contribution in [1.29, 1.82) is 0 Å². The zero-order chi connectivity index (χ0) is 12.3. The molecule has 0 bridgehead atoms. The Morgan fingerprint density at radius 2 is 2.12 bits per heavy atom.